The first-order valence-electron chi connectivity index (χ1n) is 6.04. The lowest BCUT2D eigenvalue weighted by Gasteiger charge is -2.18. The molecule has 1 heterocycles. The number of sulfone groups is 1. The van der Waals surface area contributed by atoms with E-state index in [1.807, 2.05) is 11.0 Å². The number of hydrogen-bond acceptors (Lipinski definition) is 5. The molecular formula is C13H17NO4S. The number of carbonyl (C=O) groups is 1. The maximum Gasteiger partial charge on any atom is 0.337 e. The van der Waals surface area contributed by atoms with Crippen molar-refractivity contribution < 1.29 is 17.9 Å². The Morgan fingerprint density at radius 3 is 2.74 bits per heavy atom. The second kappa shape index (κ2) is 5.21. The summed E-state index contributed by atoms with van der Waals surface area (Å²) in [5, 5.41) is -0.325. The Bertz CT molecular complexity index is 582. The number of methoxy groups -OCH3 is 1. The highest BCUT2D eigenvalue weighted by atomic mass is 32.2. The Kier molecular flexibility index (Phi) is 3.80. The maximum absolute atomic E-state index is 11.5. The van der Waals surface area contributed by atoms with Crippen LogP contribution in [0.2, 0.25) is 0 Å². The van der Waals surface area contributed by atoms with E-state index in [2.05, 4.69) is 4.74 Å². The molecule has 0 bridgehead atoms. The van der Waals surface area contributed by atoms with Crippen molar-refractivity contribution in [3.05, 3.63) is 29.8 Å². The van der Waals surface area contributed by atoms with Gasteiger partial charge >= 0.3 is 5.97 Å². The summed E-state index contributed by atoms with van der Waals surface area (Å²) in [5.74, 6) is -0.388. The number of carbonyl (C=O) groups excluding carboxylic acids is 1. The number of esters is 1. The van der Waals surface area contributed by atoms with Gasteiger partial charge in [0.2, 0.25) is 0 Å². The second-order valence-electron chi connectivity index (χ2n) is 4.73. The molecule has 0 spiro atoms. The molecule has 0 radical (unpaired) electrons. The highest BCUT2D eigenvalue weighted by molar-refractivity contribution is 7.91. The molecule has 1 aliphatic rings. The average molecular weight is 283 g/mol. The van der Waals surface area contributed by atoms with Crippen LogP contribution in [0.25, 0.3) is 0 Å². The molecule has 1 aliphatic heterocycles. The topological polar surface area (TPSA) is 63.7 Å². The Hall–Kier alpha value is -1.56. The summed E-state index contributed by atoms with van der Waals surface area (Å²) in [5.41, 5.74) is 1.33. The molecule has 1 atom stereocenters. The van der Waals surface area contributed by atoms with E-state index in [0.29, 0.717) is 25.1 Å². The minimum atomic E-state index is -3.01. The standard InChI is InChI=1S/C13H17NO4S/c1-18-13(15)10-4-3-5-11(8-10)14-7-6-12(9-14)19(2,16)17/h3-5,8,12H,6-7,9H2,1-2H3. The van der Waals surface area contributed by atoms with Crippen molar-refractivity contribution >= 4 is 21.5 Å². The third-order valence-electron chi connectivity index (χ3n) is 3.38. The summed E-state index contributed by atoms with van der Waals surface area (Å²) >= 11 is 0. The lowest BCUT2D eigenvalue weighted by atomic mass is 10.2. The van der Waals surface area contributed by atoms with Crippen LogP contribution >= 0.6 is 0 Å². The highest BCUT2D eigenvalue weighted by Gasteiger charge is 2.30. The number of benzene rings is 1. The summed E-state index contributed by atoms with van der Waals surface area (Å²) in [7, 11) is -1.67. The normalized spacial score (nSPS) is 19.5. The van der Waals surface area contributed by atoms with Crippen LogP contribution in [0.5, 0.6) is 0 Å². The van der Waals surface area contributed by atoms with Gasteiger partial charge in [0.25, 0.3) is 0 Å². The van der Waals surface area contributed by atoms with Crippen LogP contribution in [-0.2, 0) is 14.6 Å². The molecule has 19 heavy (non-hydrogen) atoms. The van der Waals surface area contributed by atoms with Gasteiger partial charge in [-0.25, -0.2) is 13.2 Å². The Balaban J connectivity index is 2.18. The van der Waals surface area contributed by atoms with Crippen LogP contribution in [0, 0.1) is 0 Å². The number of rotatable bonds is 3. The van der Waals surface area contributed by atoms with E-state index >= 15 is 0 Å². The van der Waals surface area contributed by atoms with E-state index in [4.69, 9.17) is 0 Å². The molecule has 5 nitrogen and oxygen atoms in total. The molecule has 0 aliphatic carbocycles. The van der Waals surface area contributed by atoms with Gasteiger partial charge in [-0.3, -0.25) is 0 Å². The van der Waals surface area contributed by atoms with E-state index in [9.17, 15) is 13.2 Å². The first-order chi connectivity index (χ1) is 8.91. The van der Waals surface area contributed by atoms with Gasteiger partial charge in [0.1, 0.15) is 0 Å². The molecular weight excluding hydrogens is 266 g/mol. The van der Waals surface area contributed by atoms with Crippen LogP contribution in [0.4, 0.5) is 5.69 Å². The van der Waals surface area contributed by atoms with Gasteiger partial charge in [0.15, 0.2) is 9.84 Å². The smallest absolute Gasteiger partial charge is 0.337 e. The van der Waals surface area contributed by atoms with E-state index in [1.54, 1.807) is 18.2 Å². The molecule has 0 saturated carbocycles. The maximum atomic E-state index is 11.5. The Morgan fingerprint density at radius 2 is 2.16 bits per heavy atom. The average Bonchev–Trinajstić information content (AvgIpc) is 2.87. The lowest BCUT2D eigenvalue weighted by molar-refractivity contribution is 0.0601. The molecule has 0 amide bonds. The fourth-order valence-electron chi connectivity index (χ4n) is 2.26. The van der Waals surface area contributed by atoms with Crippen LogP contribution in [-0.4, -0.2) is 46.1 Å². The van der Waals surface area contributed by atoms with Gasteiger partial charge in [0, 0.05) is 25.0 Å². The largest absolute Gasteiger partial charge is 0.465 e. The molecule has 0 N–H and O–H groups in total. The van der Waals surface area contributed by atoms with Crippen LogP contribution in [0.1, 0.15) is 16.8 Å². The molecule has 2 rings (SSSR count). The molecule has 6 heteroatoms. The third kappa shape index (κ3) is 3.07. The fourth-order valence-corrected chi connectivity index (χ4v) is 3.24. The van der Waals surface area contributed by atoms with Crippen molar-refractivity contribution in [2.24, 2.45) is 0 Å². The van der Waals surface area contributed by atoms with Gasteiger partial charge in [-0.1, -0.05) is 6.07 Å². The summed E-state index contributed by atoms with van der Waals surface area (Å²) in [6, 6.07) is 7.06. The first-order valence-corrected chi connectivity index (χ1v) is 7.99. The van der Waals surface area contributed by atoms with Crippen molar-refractivity contribution in [1.82, 2.24) is 0 Å². The molecule has 1 unspecified atom stereocenters. The van der Waals surface area contributed by atoms with E-state index in [1.165, 1.54) is 13.4 Å². The van der Waals surface area contributed by atoms with Crippen LogP contribution in [0.3, 0.4) is 0 Å². The molecule has 104 valence electrons. The quantitative estimate of drug-likeness (QED) is 0.777. The van der Waals surface area contributed by atoms with E-state index in [0.717, 1.165) is 5.69 Å². The zero-order valence-corrected chi connectivity index (χ0v) is 11.8. The van der Waals surface area contributed by atoms with E-state index in [-0.39, 0.29) is 11.2 Å². The Labute approximate surface area is 113 Å². The lowest BCUT2D eigenvalue weighted by Crippen LogP contribution is -2.26. The number of hydrogen-bond donors (Lipinski definition) is 0. The fraction of sp³-hybridized carbons (Fsp3) is 0.462. The SMILES string of the molecule is COC(=O)c1cccc(N2CCC(S(C)(=O)=O)C2)c1. The van der Waals surface area contributed by atoms with E-state index < -0.39 is 9.84 Å². The van der Waals surface area contributed by atoms with Crippen molar-refractivity contribution in [2.45, 2.75) is 11.7 Å². The summed E-state index contributed by atoms with van der Waals surface area (Å²) in [6.07, 6.45) is 1.90. The van der Waals surface area contributed by atoms with Gasteiger partial charge in [-0.05, 0) is 24.6 Å². The van der Waals surface area contributed by atoms with Crippen molar-refractivity contribution in [2.75, 3.05) is 31.4 Å². The molecule has 1 aromatic carbocycles. The second-order valence-corrected chi connectivity index (χ2v) is 7.05. The molecule has 1 saturated heterocycles. The summed E-state index contributed by atoms with van der Waals surface area (Å²) < 4.78 is 27.7. The van der Waals surface area contributed by atoms with Gasteiger partial charge < -0.3 is 9.64 Å². The zero-order valence-electron chi connectivity index (χ0n) is 11.0. The third-order valence-corrected chi connectivity index (χ3v) is 4.98. The van der Waals surface area contributed by atoms with Gasteiger partial charge in [-0.15, -0.1) is 0 Å². The summed E-state index contributed by atoms with van der Waals surface area (Å²) in [4.78, 5) is 13.5. The van der Waals surface area contributed by atoms with Crippen molar-refractivity contribution in [1.29, 1.82) is 0 Å². The van der Waals surface area contributed by atoms with Crippen LogP contribution < -0.4 is 4.90 Å². The Morgan fingerprint density at radius 1 is 1.42 bits per heavy atom. The minimum Gasteiger partial charge on any atom is -0.465 e. The number of anilines is 1. The van der Waals surface area contributed by atoms with Gasteiger partial charge in [-0.2, -0.15) is 0 Å². The molecule has 1 fully saturated rings. The minimum absolute atomic E-state index is 0.325. The first kappa shape index (κ1) is 13.9. The number of nitrogens with zero attached hydrogens (tertiary/aromatic N) is 1. The summed E-state index contributed by atoms with van der Waals surface area (Å²) in [6.45, 7) is 1.16. The monoisotopic (exact) mass is 283 g/mol. The van der Waals surface area contributed by atoms with Crippen molar-refractivity contribution in [3.8, 4) is 0 Å². The predicted molar refractivity (Wildman–Crippen MR) is 73.2 cm³/mol. The number of ether oxygens (including phenoxy) is 1. The molecule has 0 aromatic heterocycles. The van der Waals surface area contributed by atoms with Gasteiger partial charge in [0.05, 0.1) is 17.9 Å². The predicted octanol–water partition coefficient (Wildman–Crippen LogP) is 1.10. The van der Waals surface area contributed by atoms with Crippen molar-refractivity contribution in [3.63, 3.8) is 0 Å². The highest BCUT2D eigenvalue weighted by Crippen LogP contribution is 2.24. The molecule has 1 aromatic rings. The zero-order chi connectivity index (χ0) is 14.0. The van der Waals surface area contributed by atoms with Crippen LogP contribution in [0.15, 0.2) is 24.3 Å².